The molecule has 0 aliphatic carbocycles. The topological polar surface area (TPSA) is 183 Å². The van der Waals surface area contributed by atoms with Crippen LogP contribution in [0.3, 0.4) is 0 Å². The lowest BCUT2D eigenvalue weighted by Gasteiger charge is -2.30. The molecule has 1 rings (SSSR count). The number of hydrogen-bond donors (Lipinski definition) is 6. The number of carboxylic acids is 1. The van der Waals surface area contributed by atoms with Crippen LogP contribution in [0.4, 0.5) is 4.79 Å². The number of nitrogens with one attached hydrogen (secondary N) is 1. The summed E-state index contributed by atoms with van der Waals surface area (Å²) in [5, 5.41) is 32.4. The molecule has 1 heterocycles. The summed E-state index contributed by atoms with van der Waals surface area (Å²) in [5.74, 6) is -2.39. The highest BCUT2D eigenvalue weighted by Gasteiger charge is 2.42. The molecule has 0 saturated carbocycles. The van der Waals surface area contributed by atoms with Gasteiger partial charge in [0, 0.05) is 5.92 Å². The Bertz CT molecular complexity index is 777. The van der Waals surface area contributed by atoms with E-state index < -0.39 is 68.6 Å². The summed E-state index contributed by atoms with van der Waals surface area (Å²) in [6.07, 6.45) is 4.82. The average Bonchev–Trinajstić information content (AvgIpc) is 3.07. The summed E-state index contributed by atoms with van der Waals surface area (Å²) in [4.78, 5) is 41.1. The SMILES string of the molecule is C/C=C/C=C\C=C/[C@H](O)[C@H](C)[C@H](CC[C@H](C)[C@H](O)[C@H]1NC(=O)O[C@H]1CC(=O)O)OP(=O)(O)O. The van der Waals surface area contributed by atoms with Crippen molar-refractivity contribution >= 4 is 19.9 Å². The first-order chi connectivity index (χ1) is 15.4. The van der Waals surface area contributed by atoms with Gasteiger partial charge in [-0.2, -0.15) is 0 Å². The first-order valence-electron chi connectivity index (χ1n) is 10.6. The molecule has 12 heteroatoms. The molecule has 33 heavy (non-hydrogen) atoms. The molecule has 1 aliphatic heterocycles. The Labute approximate surface area is 193 Å². The van der Waals surface area contributed by atoms with E-state index in [1.807, 2.05) is 13.0 Å². The average molecular weight is 491 g/mol. The number of phosphoric acid groups is 1. The fraction of sp³-hybridized carbons (Fsp3) is 0.619. The van der Waals surface area contributed by atoms with Gasteiger partial charge in [-0.05, 0) is 25.7 Å². The van der Waals surface area contributed by atoms with Gasteiger partial charge in [-0.25, -0.2) is 9.36 Å². The highest BCUT2D eigenvalue weighted by Crippen LogP contribution is 2.41. The number of allylic oxidation sites excluding steroid dienone is 5. The number of aliphatic carboxylic acids is 1. The van der Waals surface area contributed by atoms with Crippen molar-refractivity contribution in [2.24, 2.45) is 11.8 Å². The summed E-state index contributed by atoms with van der Waals surface area (Å²) in [5.41, 5.74) is 0. The van der Waals surface area contributed by atoms with Gasteiger partial charge in [-0.1, -0.05) is 50.3 Å². The third-order valence-corrected chi connectivity index (χ3v) is 5.95. The van der Waals surface area contributed by atoms with E-state index in [-0.39, 0.29) is 12.8 Å². The van der Waals surface area contributed by atoms with E-state index in [1.165, 1.54) is 6.08 Å². The summed E-state index contributed by atoms with van der Waals surface area (Å²) in [6, 6.07) is -0.945. The number of carboxylic acid groups (broad SMARTS) is 1. The lowest BCUT2D eigenvalue weighted by molar-refractivity contribution is -0.139. The standard InChI is InChI=1S/C21H34NO10P/c1-4-5-6-7-8-9-15(23)14(3)16(32-33(28,29)30)11-10-13(2)20(26)19-17(12-18(24)25)31-21(27)22-19/h4-9,13-17,19-20,23,26H,10-12H2,1-3H3,(H,22,27)(H,24,25)(H2,28,29,30)/b5-4+,7-6-,9-8-/t13-,14-,15-,16-,17-,19-,20-/m0/s1. The number of rotatable bonds is 14. The van der Waals surface area contributed by atoms with Crippen LogP contribution in [0.1, 0.15) is 40.0 Å². The maximum atomic E-state index is 11.5. The number of aliphatic hydroxyl groups is 2. The number of carbonyl (C=O) groups is 2. The minimum absolute atomic E-state index is 0.0783. The number of aliphatic hydroxyl groups excluding tert-OH is 2. The van der Waals surface area contributed by atoms with Crippen molar-refractivity contribution in [1.29, 1.82) is 0 Å². The molecular weight excluding hydrogens is 457 g/mol. The van der Waals surface area contributed by atoms with Gasteiger partial charge in [0.15, 0.2) is 0 Å². The Morgan fingerprint density at radius 2 is 1.82 bits per heavy atom. The van der Waals surface area contributed by atoms with Gasteiger partial charge in [0.25, 0.3) is 0 Å². The maximum Gasteiger partial charge on any atom is 0.469 e. The second-order valence-corrected chi connectivity index (χ2v) is 9.23. The van der Waals surface area contributed by atoms with Crippen LogP contribution < -0.4 is 5.32 Å². The predicted molar refractivity (Wildman–Crippen MR) is 119 cm³/mol. The monoisotopic (exact) mass is 491 g/mol. The van der Waals surface area contributed by atoms with Crippen LogP contribution in [0.2, 0.25) is 0 Å². The highest BCUT2D eigenvalue weighted by atomic mass is 31.2. The van der Waals surface area contributed by atoms with E-state index in [9.17, 15) is 34.2 Å². The zero-order valence-electron chi connectivity index (χ0n) is 18.9. The van der Waals surface area contributed by atoms with Crippen molar-refractivity contribution in [3.05, 3.63) is 36.5 Å². The number of ether oxygens (including phenoxy) is 1. The molecule has 1 amide bonds. The molecule has 0 aromatic rings. The Hall–Kier alpha value is -2.01. The molecule has 1 fully saturated rings. The van der Waals surface area contributed by atoms with E-state index in [0.717, 1.165) is 0 Å². The predicted octanol–water partition coefficient (Wildman–Crippen LogP) is 1.88. The van der Waals surface area contributed by atoms with Gasteiger partial charge in [0.1, 0.15) is 6.10 Å². The van der Waals surface area contributed by atoms with E-state index in [1.54, 1.807) is 38.2 Å². The fourth-order valence-corrected chi connectivity index (χ4v) is 4.12. The molecule has 188 valence electrons. The minimum Gasteiger partial charge on any atom is -0.481 e. The van der Waals surface area contributed by atoms with Crippen molar-refractivity contribution in [3.63, 3.8) is 0 Å². The van der Waals surface area contributed by atoms with Crippen LogP contribution >= 0.6 is 7.82 Å². The van der Waals surface area contributed by atoms with Crippen LogP contribution in [0, 0.1) is 11.8 Å². The molecule has 6 N–H and O–H groups in total. The van der Waals surface area contributed by atoms with Gasteiger partial charge in [0.2, 0.25) is 0 Å². The summed E-state index contributed by atoms with van der Waals surface area (Å²) < 4.78 is 21.3. The molecule has 0 unspecified atom stereocenters. The molecule has 0 aromatic heterocycles. The summed E-state index contributed by atoms with van der Waals surface area (Å²) in [6.45, 7) is 5.08. The van der Waals surface area contributed by atoms with Crippen LogP contribution in [-0.2, 0) is 18.6 Å². The molecule has 1 aliphatic rings. The number of carbonyl (C=O) groups excluding carboxylic acids is 1. The molecule has 0 bridgehead atoms. The van der Waals surface area contributed by atoms with Crippen LogP contribution in [0.15, 0.2) is 36.5 Å². The Kier molecular flexibility index (Phi) is 12.0. The Balaban J connectivity index is 2.82. The Morgan fingerprint density at radius 3 is 2.39 bits per heavy atom. The lowest BCUT2D eigenvalue weighted by Crippen LogP contribution is -2.46. The maximum absolute atomic E-state index is 11.5. The number of alkyl carbamates (subject to hydrolysis) is 1. The quantitative estimate of drug-likeness (QED) is 0.155. The first kappa shape index (κ1) is 29.0. The molecule has 1 saturated heterocycles. The lowest BCUT2D eigenvalue weighted by atomic mass is 9.86. The third-order valence-electron chi connectivity index (χ3n) is 5.41. The number of hydrogen-bond acceptors (Lipinski definition) is 7. The van der Waals surface area contributed by atoms with Crippen LogP contribution in [-0.4, -0.2) is 67.6 Å². The van der Waals surface area contributed by atoms with Crippen molar-refractivity contribution in [2.75, 3.05) is 0 Å². The van der Waals surface area contributed by atoms with Crippen LogP contribution in [0.5, 0.6) is 0 Å². The molecule has 7 atom stereocenters. The summed E-state index contributed by atoms with van der Waals surface area (Å²) >= 11 is 0. The zero-order chi connectivity index (χ0) is 25.2. The molecule has 0 spiro atoms. The molecular formula is C21H34NO10P. The largest absolute Gasteiger partial charge is 0.481 e. The van der Waals surface area contributed by atoms with Crippen molar-refractivity contribution in [3.8, 4) is 0 Å². The van der Waals surface area contributed by atoms with Gasteiger partial charge in [0.05, 0.1) is 30.8 Å². The normalized spacial score (nSPS) is 24.0. The van der Waals surface area contributed by atoms with E-state index in [2.05, 4.69) is 5.32 Å². The fourth-order valence-electron chi connectivity index (χ4n) is 3.47. The molecule has 11 nitrogen and oxygen atoms in total. The highest BCUT2D eigenvalue weighted by molar-refractivity contribution is 7.46. The first-order valence-corrected chi connectivity index (χ1v) is 12.1. The van der Waals surface area contributed by atoms with Crippen LogP contribution in [0.25, 0.3) is 0 Å². The van der Waals surface area contributed by atoms with Crippen molar-refractivity contribution in [2.45, 2.75) is 70.5 Å². The van der Waals surface area contributed by atoms with Crippen molar-refractivity contribution in [1.82, 2.24) is 5.32 Å². The molecule has 0 radical (unpaired) electrons. The molecule has 0 aromatic carbocycles. The second-order valence-electron chi connectivity index (χ2n) is 8.04. The number of cyclic esters (lactones) is 1. The van der Waals surface area contributed by atoms with Gasteiger partial charge in [-0.15, -0.1) is 0 Å². The van der Waals surface area contributed by atoms with Crippen molar-refractivity contribution < 1.29 is 48.5 Å². The van der Waals surface area contributed by atoms with Gasteiger partial charge in [-0.3, -0.25) is 9.32 Å². The van der Waals surface area contributed by atoms with E-state index in [0.29, 0.717) is 0 Å². The third kappa shape index (κ3) is 10.6. The zero-order valence-corrected chi connectivity index (χ0v) is 19.7. The smallest absolute Gasteiger partial charge is 0.469 e. The van der Waals surface area contributed by atoms with E-state index >= 15 is 0 Å². The Morgan fingerprint density at radius 1 is 1.18 bits per heavy atom. The minimum atomic E-state index is -4.86. The van der Waals surface area contributed by atoms with E-state index in [4.69, 9.17) is 14.4 Å². The number of phosphoric ester groups is 1. The van der Waals surface area contributed by atoms with Gasteiger partial charge >= 0.3 is 19.9 Å². The van der Waals surface area contributed by atoms with Gasteiger partial charge < -0.3 is 35.2 Å². The number of amides is 1. The summed E-state index contributed by atoms with van der Waals surface area (Å²) in [7, 11) is -4.86. The second kappa shape index (κ2) is 13.6.